The van der Waals surface area contributed by atoms with Gasteiger partial charge in [-0.1, -0.05) is 11.6 Å². The average molecular weight is 437 g/mol. The fourth-order valence-electron chi connectivity index (χ4n) is 2.18. The lowest BCUT2D eigenvalue weighted by Crippen LogP contribution is -2.28. The molecule has 6 nitrogen and oxygen atoms in total. The lowest BCUT2D eigenvalue weighted by Gasteiger charge is -2.11. The van der Waals surface area contributed by atoms with Crippen LogP contribution in [0.5, 0.6) is 5.75 Å². The Kier molecular flexibility index (Phi) is 6.91. The largest absolute Gasteiger partial charge is 0.573 e. The SMILES string of the molecule is Cc1cc(Cl)ccc1NC(=O)CCNS(=O)(=O)c1ccc(OC(F)(F)F)cc1. The van der Waals surface area contributed by atoms with Gasteiger partial charge in [0.15, 0.2) is 0 Å². The number of sulfonamides is 1. The molecule has 0 bridgehead atoms. The minimum Gasteiger partial charge on any atom is -0.406 e. The Hall–Kier alpha value is -2.30. The molecule has 0 saturated carbocycles. The molecule has 2 N–H and O–H groups in total. The molecule has 1 amide bonds. The summed E-state index contributed by atoms with van der Waals surface area (Å²) in [6.45, 7) is 1.57. The Labute approximate surface area is 164 Å². The van der Waals surface area contributed by atoms with Crippen molar-refractivity contribution in [2.24, 2.45) is 0 Å². The summed E-state index contributed by atoms with van der Waals surface area (Å²) < 4.78 is 66.5. The smallest absolute Gasteiger partial charge is 0.406 e. The number of rotatable bonds is 7. The van der Waals surface area contributed by atoms with E-state index in [2.05, 4.69) is 14.8 Å². The summed E-state index contributed by atoms with van der Waals surface area (Å²) in [4.78, 5) is 11.7. The molecule has 0 saturated heterocycles. The lowest BCUT2D eigenvalue weighted by atomic mass is 10.2. The quantitative estimate of drug-likeness (QED) is 0.690. The molecule has 0 heterocycles. The molecule has 0 atom stereocenters. The molecule has 0 aliphatic rings. The van der Waals surface area contributed by atoms with Crippen LogP contribution in [0.15, 0.2) is 47.4 Å². The molecule has 2 rings (SSSR count). The zero-order chi connectivity index (χ0) is 20.9. The highest BCUT2D eigenvalue weighted by Crippen LogP contribution is 2.24. The molecule has 2 aromatic carbocycles. The number of halogens is 4. The predicted octanol–water partition coefficient (Wildman–Crippen LogP) is 3.85. The molecule has 0 fully saturated rings. The van der Waals surface area contributed by atoms with E-state index in [0.717, 1.165) is 29.8 Å². The molecule has 0 aliphatic carbocycles. The molecule has 0 unspecified atom stereocenters. The van der Waals surface area contributed by atoms with Gasteiger partial charge in [-0.2, -0.15) is 0 Å². The van der Waals surface area contributed by atoms with Crippen molar-refractivity contribution in [3.05, 3.63) is 53.1 Å². The highest BCUT2D eigenvalue weighted by Gasteiger charge is 2.31. The first-order chi connectivity index (χ1) is 13.0. The first-order valence-corrected chi connectivity index (χ1v) is 9.74. The Morgan fingerprint density at radius 1 is 1.14 bits per heavy atom. The van der Waals surface area contributed by atoms with E-state index in [9.17, 15) is 26.4 Å². The Bertz CT molecular complexity index is 948. The normalized spacial score (nSPS) is 11.9. The highest BCUT2D eigenvalue weighted by atomic mass is 35.5. The first-order valence-electron chi connectivity index (χ1n) is 7.88. The first kappa shape index (κ1) is 22.0. The van der Waals surface area contributed by atoms with Crippen molar-refractivity contribution in [2.45, 2.75) is 24.6 Å². The van der Waals surface area contributed by atoms with Crippen molar-refractivity contribution in [1.29, 1.82) is 0 Å². The number of hydrogen-bond donors (Lipinski definition) is 2. The number of ether oxygens (including phenoxy) is 1. The van der Waals surface area contributed by atoms with Crippen LogP contribution in [0, 0.1) is 6.92 Å². The van der Waals surface area contributed by atoms with E-state index in [1.165, 1.54) is 0 Å². The maximum absolute atomic E-state index is 12.1. The molecule has 11 heteroatoms. The summed E-state index contributed by atoms with van der Waals surface area (Å²) in [7, 11) is -3.99. The van der Waals surface area contributed by atoms with E-state index in [1.54, 1.807) is 25.1 Å². The monoisotopic (exact) mass is 436 g/mol. The van der Waals surface area contributed by atoms with Crippen molar-refractivity contribution in [3.8, 4) is 5.75 Å². The van der Waals surface area contributed by atoms with E-state index in [-0.39, 0.29) is 17.9 Å². The van der Waals surface area contributed by atoms with Gasteiger partial charge in [-0.3, -0.25) is 4.79 Å². The third-order valence-electron chi connectivity index (χ3n) is 3.47. The zero-order valence-electron chi connectivity index (χ0n) is 14.5. The fraction of sp³-hybridized carbons (Fsp3) is 0.235. The minimum atomic E-state index is -4.87. The van der Waals surface area contributed by atoms with Crippen LogP contribution in [-0.4, -0.2) is 27.2 Å². The fourth-order valence-corrected chi connectivity index (χ4v) is 3.44. The number of carbonyl (C=O) groups excluding carboxylic acids is 1. The number of benzene rings is 2. The number of anilines is 1. The third-order valence-corrected chi connectivity index (χ3v) is 5.19. The van der Waals surface area contributed by atoms with Crippen LogP contribution in [0.2, 0.25) is 5.02 Å². The van der Waals surface area contributed by atoms with Gasteiger partial charge in [0.1, 0.15) is 5.75 Å². The molecule has 0 radical (unpaired) electrons. The second-order valence-electron chi connectivity index (χ2n) is 5.67. The number of nitrogens with one attached hydrogen (secondary N) is 2. The number of carbonyl (C=O) groups is 1. The minimum absolute atomic E-state index is 0.142. The summed E-state index contributed by atoms with van der Waals surface area (Å²) in [6, 6.07) is 8.63. The van der Waals surface area contributed by atoms with Crippen LogP contribution in [0.25, 0.3) is 0 Å². The molecular formula is C17H16ClF3N2O4S. The molecule has 2 aromatic rings. The van der Waals surface area contributed by atoms with Crippen molar-refractivity contribution < 1.29 is 31.1 Å². The molecule has 0 spiro atoms. The van der Waals surface area contributed by atoms with Crippen molar-refractivity contribution in [1.82, 2.24) is 4.72 Å². The van der Waals surface area contributed by atoms with E-state index >= 15 is 0 Å². The van der Waals surface area contributed by atoms with Gasteiger partial charge in [0.25, 0.3) is 0 Å². The summed E-state index contributed by atoms with van der Waals surface area (Å²) in [5.41, 5.74) is 1.31. The van der Waals surface area contributed by atoms with Crippen LogP contribution >= 0.6 is 11.6 Å². The van der Waals surface area contributed by atoms with Crippen LogP contribution in [0.4, 0.5) is 18.9 Å². The van der Waals surface area contributed by atoms with E-state index in [4.69, 9.17) is 11.6 Å². The van der Waals surface area contributed by atoms with Crippen LogP contribution < -0.4 is 14.8 Å². The molecule has 0 aliphatic heterocycles. The average Bonchev–Trinajstić information content (AvgIpc) is 2.56. The molecule has 0 aromatic heterocycles. The molecular weight excluding hydrogens is 421 g/mol. The zero-order valence-corrected chi connectivity index (χ0v) is 16.1. The molecule has 28 heavy (non-hydrogen) atoms. The second-order valence-corrected chi connectivity index (χ2v) is 7.88. The summed E-state index contributed by atoms with van der Waals surface area (Å²) in [5.74, 6) is -0.953. The lowest BCUT2D eigenvalue weighted by molar-refractivity contribution is -0.274. The standard InChI is InChI=1S/C17H16ClF3N2O4S/c1-11-10-12(18)2-7-15(11)23-16(24)8-9-22-28(25,26)14-5-3-13(4-6-14)27-17(19,20)21/h2-7,10,22H,8-9H2,1H3,(H,23,24). The summed E-state index contributed by atoms with van der Waals surface area (Å²) >= 11 is 5.83. The Morgan fingerprint density at radius 3 is 2.36 bits per heavy atom. The topological polar surface area (TPSA) is 84.5 Å². The number of alkyl halides is 3. The van der Waals surface area contributed by atoms with Gasteiger partial charge in [0, 0.05) is 23.7 Å². The van der Waals surface area contributed by atoms with Crippen LogP contribution in [0.1, 0.15) is 12.0 Å². The van der Waals surface area contributed by atoms with Gasteiger partial charge in [0.05, 0.1) is 4.90 Å². The van der Waals surface area contributed by atoms with Crippen molar-refractivity contribution >= 4 is 33.2 Å². The maximum Gasteiger partial charge on any atom is 0.573 e. The van der Waals surface area contributed by atoms with Crippen molar-refractivity contribution in [2.75, 3.05) is 11.9 Å². The van der Waals surface area contributed by atoms with Gasteiger partial charge in [-0.25, -0.2) is 13.1 Å². The van der Waals surface area contributed by atoms with Crippen LogP contribution in [-0.2, 0) is 14.8 Å². The van der Waals surface area contributed by atoms with Gasteiger partial charge in [-0.15, -0.1) is 13.2 Å². The van der Waals surface area contributed by atoms with E-state index < -0.39 is 28.0 Å². The van der Waals surface area contributed by atoms with Gasteiger partial charge in [-0.05, 0) is 55.0 Å². The number of aryl methyl sites for hydroxylation is 1. The predicted molar refractivity (Wildman–Crippen MR) is 97.7 cm³/mol. The number of hydrogen-bond acceptors (Lipinski definition) is 4. The third kappa shape index (κ3) is 6.70. The van der Waals surface area contributed by atoms with Gasteiger partial charge in [0.2, 0.25) is 15.9 Å². The summed E-state index contributed by atoms with van der Waals surface area (Å²) in [6.07, 6.45) is -5.01. The highest BCUT2D eigenvalue weighted by molar-refractivity contribution is 7.89. The van der Waals surface area contributed by atoms with Crippen molar-refractivity contribution in [3.63, 3.8) is 0 Å². The Balaban J connectivity index is 1.89. The summed E-state index contributed by atoms with van der Waals surface area (Å²) in [5, 5.41) is 3.16. The van der Waals surface area contributed by atoms with E-state index in [0.29, 0.717) is 10.7 Å². The van der Waals surface area contributed by atoms with E-state index in [1.807, 2.05) is 0 Å². The number of amides is 1. The van der Waals surface area contributed by atoms with Gasteiger partial charge >= 0.3 is 6.36 Å². The molecule has 152 valence electrons. The second kappa shape index (κ2) is 8.80. The van der Waals surface area contributed by atoms with Gasteiger partial charge < -0.3 is 10.1 Å². The Morgan fingerprint density at radius 2 is 1.79 bits per heavy atom. The maximum atomic E-state index is 12.1. The van der Waals surface area contributed by atoms with Crippen LogP contribution in [0.3, 0.4) is 0 Å².